The molecule has 1 amide bonds. The number of anilines is 2. The Hall–Kier alpha value is -2.74. The number of amides is 1. The molecular weight excluding hydrogens is 363 g/mol. The van der Waals surface area contributed by atoms with Gasteiger partial charge in [-0.05, 0) is 38.1 Å². The van der Waals surface area contributed by atoms with Crippen LogP contribution < -0.4 is 15.0 Å². The molecule has 0 aliphatic carbocycles. The number of ether oxygens (including phenoxy) is 2. The number of likely N-dealkylation sites (N-methyl/N-ethyl adjacent to an activating group) is 1. The van der Waals surface area contributed by atoms with Crippen molar-refractivity contribution in [3.8, 4) is 5.75 Å². The Balaban J connectivity index is 1.53. The van der Waals surface area contributed by atoms with Gasteiger partial charge in [0.25, 0.3) is 0 Å². The largest absolute Gasteiger partial charge is 0.488 e. The van der Waals surface area contributed by atoms with Gasteiger partial charge in [-0.2, -0.15) is 0 Å². The minimum atomic E-state index is -0.296. The summed E-state index contributed by atoms with van der Waals surface area (Å²) in [6.07, 6.45) is 0.442. The van der Waals surface area contributed by atoms with Gasteiger partial charge >= 0.3 is 0 Å². The molecule has 0 saturated carbocycles. The van der Waals surface area contributed by atoms with Crippen LogP contribution in [0.5, 0.6) is 5.75 Å². The first kappa shape index (κ1) is 18.6. The number of benzene rings is 1. The number of carbonyl (C=O) groups excluding carboxylic acids is 1. The predicted octanol–water partition coefficient (Wildman–Crippen LogP) is 2.34. The fourth-order valence-electron chi connectivity index (χ4n) is 3.52. The minimum Gasteiger partial charge on any atom is -0.488 e. The van der Waals surface area contributed by atoms with Crippen molar-refractivity contribution in [2.75, 3.05) is 30.5 Å². The van der Waals surface area contributed by atoms with Gasteiger partial charge in [-0.3, -0.25) is 4.79 Å². The van der Waals surface area contributed by atoms with Crippen molar-refractivity contribution in [3.63, 3.8) is 0 Å². The van der Waals surface area contributed by atoms with E-state index in [2.05, 4.69) is 10.3 Å². The Morgan fingerprint density at radius 1 is 1.29 bits per heavy atom. The number of carbonyl (C=O) groups is 1. The Labute approximate surface area is 162 Å². The standard InChI is InChI=1S/C20H23FN4O3/c1-11-18-19(25(3)12(2)20(26)24-18)23-17(22-11)8-13-9-27-10-16(13)28-15-6-4-14(21)5-7-15/h4-7,12-13,16H,8-10H2,1-3H3,(H,24,26)/t12-,13-,16-/m0/s1. The monoisotopic (exact) mass is 386 g/mol. The van der Waals surface area contributed by atoms with E-state index < -0.39 is 0 Å². The maximum atomic E-state index is 13.1. The first-order chi connectivity index (χ1) is 13.4. The van der Waals surface area contributed by atoms with E-state index in [1.165, 1.54) is 12.1 Å². The van der Waals surface area contributed by atoms with Gasteiger partial charge in [-0.15, -0.1) is 0 Å². The van der Waals surface area contributed by atoms with Crippen LogP contribution >= 0.6 is 0 Å². The van der Waals surface area contributed by atoms with Crippen LogP contribution in [0.4, 0.5) is 15.9 Å². The highest BCUT2D eigenvalue weighted by atomic mass is 19.1. The van der Waals surface area contributed by atoms with Crippen LogP contribution in [-0.4, -0.2) is 48.3 Å². The van der Waals surface area contributed by atoms with E-state index >= 15 is 0 Å². The zero-order valence-electron chi connectivity index (χ0n) is 16.1. The van der Waals surface area contributed by atoms with Crippen molar-refractivity contribution in [2.24, 2.45) is 5.92 Å². The molecule has 2 aromatic rings. The number of aryl methyl sites for hydroxylation is 1. The number of rotatable bonds is 4. The Morgan fingerprint density at radius 3 is 2.79 bits per heavy atom. The van der Waals surface area contributed by atoms with Crippen LogP contribution in [-0.2, 0) is 16.0 Å². The molecule has 0 bridgehead atoms. The molecule has 1 N–H and O–H groups in total. The summed E-state index contributed by atoms with van der Waals surface area (Å²) in [6.45, 7) is 4.73. The molecule has 2 aliphatic heterocycles. The fraction of sp³-hybridized carbons (Fsp3) is 0.450. The van der Waals surface area contributed by atoms with Gasteiger partial charge in [0.2, 0.25) is 5.91 Å². The molecule has 1 saturated heterocycles. The zero-order valence-corrected chi connectivity index (χ0v) is 16.1. The summed E-state index contributed by atoms with van der Waals surface area (Å²) >= 11 is 0. The smallest absolute Gasteiger partial charge is 0.246 e. The molecule has 148 valence electrons. The van der Waals surface area contributed by atoms with E-state index in [4.69, 9.17) is 14.5 Å². The first-order valence-electron chi connectivity index (χ1n) is 9.33. The average Bonchev–Trinajstić information content (AvgIpc) is 3.09. The van der Waals surface area contributed by atoms with Crippen molar-refractivity contribution < 1.29 is 18.7 Å². The molecule has 3 heterocycles. The molecule has 7 nitrogen and oxygen atoms in total. The van der Waals surface area contributed by atoms with Crippen LogP contribution in [0, 0.1) is 18.7 Å². The van der Waals surface area contributed by atoms with Gasteiger partial charge in [0, 0.05) is 19.4 Å². The maximum absolute atomic E-state index is 13.1. The summed E-state index contributed by atoms with van der Waals surface area (Å²) in [5.41, 5.74) is 1.40. The lowest BCUT2D eigenvalue weighted by molar-refractivity contribution is -0.117. The topological polar surface area (TPSA) is 76.6 Å². The van der Waals surface area contributed by atoms with E-state index in [9.17, 15) is 9.18 Å². The third-order valence-corrected chi connectivity index (χ3v) is 5.35. The minimum absolute atomic E-state index is 0.0635. The molecule has 3 atom stereocenters. The van der Waals surface area contributed by atoms with Gasteiger partial charge < -0.3 is 19.7 Å². The molecule has 0 spiro atoms. The van der Waals surface area contributed by atoms with E-state index in [0.29, 0.717) is 36.9 Å². The Kier molecular flexibility index (Phi) is 4.89. The number of nitrogens with one attached hydrogen (secondary N) is 1. The number of nitrogens with zero attached hydrogens (tertiary/aromatic N) is 3. The third kappa shape index (κ3) is 3.52. The van der Waals surface area contributed by atoms with Gasteiger partial charge in [-0.25, -0.2) is 14.4 Å². The second kappa shape index (κ2) is 7.35. The van der Waals surface area contributed by atoms with Gasteiger partial charge in [0.1, 0.15) is 35.2 Å². The molecule has 2 aliphatic rings. The third-order valence-electron chi connectivity index (χ3n) is 5.35. The molecule has 8 heteroatoms. The molecular formula is C20H23FN4O3. The maximum Gasteiger partial charge on any atom is 0.246 e. The lowest BCUT2D eigenvalue weighted by Gasteiger charge is -2.32. The van der Waals surface area contributed by atoms with Crippen LogP contribution in [0.1, 0.15) is 18.4 Å². The summed E-state index contributed by atoms with van der Waals surface area (Å²) in [7, 11) is 1.86. The summed E-state index contributed by atoms with van der Waals surface area (Å²) in [4.78, 5) is 23.2. The number of aromatic nitrogens is 2. The normalized spacial score (nSPS) is 24.1. The summed E-state index contributed by atoms with van der Waals surface area (Å²) in [5.74, 6) is 1.75. The molecule has 0 radical (unpaired) electrons. The van der Waals surface area contributed by atoms with Crippen LogP contribution in [0.3, 0.4) is 0 Å². The number of fused-ring (bicyclic) bond motifs is 1. The highest BCUT2D eigenvalue weighted by molar-refractivity contribution is 6.02. The molecule has 1 aromatic carbocycles. The molecule has 1 aromatic heterocycles. The Bertz CT molecular complexity index is 890. The second-order valence-electron chi connectivity index (χ2n) is 7.31. The number of hydrogen-bond donors (Lipinski definition) is 1. The highest BCUT2D eigenvalue weighted by Crippen LogP contribution is 2.32. The van der Waals surface area contributed by atoms with E-state index in [1.54, 1.807) is 12.1 Å². The van der Waals surface area contributed by atoms with Crippen molar-refractivity contribution in [1.29, 1.82) is 0 Å². The molecule has 1 fully saturated rings. The zero-order chi connectivity index (χ0) is 19.8. The van der Waals surface area contributed by atoms with Crippen LogP contribution in [0.25, 0.3) is 0 Å². The fourth-order valence-corrected chi connectivity index (χ4v) is 3.52. The van der Waals surface area contributed by atoms with Crippen molar-refractivity contribution in [3.05, 3.63) is 41.6 Å². The Morgan fingerprint density at radius 2 is 2.04 bits per heavy atom. The van der Waals surface area contributed by atoms with Crippen LogP contribution in [0.2, 0.25) is 0 Å². The SMILES string of the molecule is Cc1nc(C[C@H]2COC[C@@H]2Oc2ccc(F)cc2)nc2c1NC(=O)[C@H](C)N2C. The number of hydrogen-bond acceptors (Lipinski definition) is 6. The highest BCUT2D eigenvalue weighted by Gasteiger charge is 2.33. The predicted molar refractivity (Wildman–Crippen MR) is 102 cm³/mol. The van der Waals surface area contributed by atoms with E-state index in [-0.39, 0.29) is 29.8 Å². The van der Waals surface area contributed by atoms with Crippen LogP contribution in [0.15, 0.2) is 24.3 Å². The second-order valence-corrected chi connectivity index (χ2v) is 7.31. The number of halogens is 1. The van der Waals surface area contributed by atoms with Crippen molar-refractivity contribution in [2.45, 2.75) is 32.4 Å². The van der Waals surface area contributed by atoms with Crippen molar-refractivity contribution in [1.82, 2.24) is 9.97 Å². The molecule has 28 heavy (non-hydrogen) atoms. The molecule has 4 rings (SSSR count). The summed E-state index contributed by atoms with van der Waals surface area (Å²) < 4.78 is 24.7. The average molecular weight is 386 g/mol. The van der Waals surface area contributed by atoms with E-state index in [0.717, 1.165) is 11.5 Å². The lowest BCUT2D eigenvalue weighted by atomic mass is 10.0. The molecule has 0 unspecified atom stereocenters. The van der Waals surface area contributed by atoms with E-state index in [1.807, 2.05) is 25.8 Å². The quantitative estimate of drug-likeness (QED) is 0.869. The van der Waals surface area contributed by atoms with Gasteiger partial charge in [0.15, 0.2) is 5.82 Å². The van der Waals surface area contributed by atoms with Gasteiger partial charge in [-0.1, -0.05) is 0 Å². The van der Waals surface area contributed by atoms with Crippen molar-refractivity contribution >= 4 is 17.4 Å². The summed E-state index contributed by atoms with van der Waals surface area (Å²) in [5, 5.41) is 2.89. The van der Waals surface area contributed by atoms with Gasteiger partial charge in [0.05, 0.1) is 18.9 Å². The lowest BCUT2D eigenvalue weighted by Crippen LogP contribution is -2.45. The first-order valence-corrected chi connectivity index (χ1v) is 9.33. The summed E-state index contributed by atoms with van der Waals surface area (Å²) in [6, 6.07) is 5.69.